The third-order valence-electron chi connectivity index (χ3n) is 6.35. The van der Waals surface area contributed by atoms with E-state index in [-0.39, 0.29) is 61.4 Å². The van der Waals surface area contributed by atoms with Gasteiger partial charge in [-0.2, -0.15) is 0 Å². The maximum Gasteiger partial charge on any atom is 0.253 e. The molecule has 0 spiro atoms. The third-order valence-corrected chi connectivity index (χ3v) is 8.76. The largest absolute Gasteiger partial charge is 0.398 e. The van der Waals surface area contributed by atoms with E-state index in [4.69, 9.17) is 11.5 Å². The Balaban J connectivity index is -0.00000420. The van der Waals surface area contributed by atoms with E-state index in [1.807, 2.05) is 45.9 Å². The van der Waals surface area contributed by atoms with Crippen LogP contribution in [-0.4, -0.2) is 62.6 Å². The summed E-state index contributed by atoms with van der Waals surface area (Å²) < 4.78 is 0. The van der Waals surface area contributed by atoms with Crippen molar-refractivity contribution >= 4 is 94.4 Å². The van der Waals surface area contributed by atoms with Gasteiger partial charge >= 0.3 is 0 Å². The minimum Gasteiger partial charge on any atom is -0.398 e. The number of amides is 2. The maximum absolute atomic E-state index is 12.1. The molecule has 254 valence electrons. The molecule has 0 saturated carbocycles. The Morgan fingerprint density at radius 1 is 0.500 bits per heavy atom. The number of nitrogen functional groups attached to an aromatic ring is 2. The van der Waals surface area contributed by atoms with E-state index >= 15 is 0 Å². The van der Waals surface area contributed by atoms with Crippen molar-refractivity contribution in [3.8, 4) is 0 Å². The molecule has 0 aliphatic rings. The van der Waals surface area contributed by atoms with Crippen molar-refractivity contribution in [2.24, 2.45) is 0 Å². The van der Waals surface area contributed by atoms with Gasteiger partial charge in [0.15, 0.2) is 0 Å². The molecule has 8 nitrogen and oxygen atoms in total. The summed E-state index contributed by atoms with van der Waals surface area (Å²) in [5.41, 5.74) is 13.8. The van der Waals surface area contributed by atoms with Gasteiger partial charge in [-0.05, 0) is 63.0 Å². The van der Waals surface area contributed by atoms with E-state index in [1.165, 1.54) is 25.7 Å². The highest BCUT2D eigenvalue weighted by atomic mass is 35.5. The standard InChI is InChI=1S/C30H48N6O2S2.4ClH/c31-27-15-7-5-13-25(27)29(37)35-19-11-3-1-9-17-33-21-23-39-40-24-22-34-18-10-2-4-12-20-36-30(38)26-14-6-8-16-28(26)32;;;;/h5-8,13-16,33-34H,1-4,9-12,17-24,31-32H2,(H,35,37)(H,36,38);4*1H. The Morgan fingerprint density at radius 2 is 0.841 bits per heavy atom. The lowest BCUT2D eigenvalue weighted by Crippen LogP contribution is -2.25. The van der Waals surface area contributed by atoms with Crippen molar-refractivity contribution in [3.05, 3.63) is 59.7 Å². The molecule has 0 heterocycles. The number of nitrogens with one attached hydrogen (secondary N) is 4. The summed E-state index contributed by atoms with van der Waals surface area (Å²) in [6.07, 6.45) is 8.89. The van der Waals surface area contributed by atoms with Gasteiger partial charge in [0.2, 0.25) is 0 Å². The molecule has 2 aromatic carbocycles. The van der Waals surface area contributed by atoms with Gasteiger partial charge in [-0.3, -0.25) is 9.59 Å². The molecule has 2 aromatic rings. The molecule has 2 rings (SSSR count). The predicted molar refractivity (Wildman–Crippen MR) is 203 cm³/mol. The van der Waals surface area contributed by atoms with Crippen molar-refractivity contribution in [3.63, 3.8) is 0 Å². The van der Waals surface area contributed by atoms with Crippen LogP contribution in [0.15, 0.2) is 48.5 Å². The van der Waals surface area contributed by atoms with Gasteiger partial charge < -0.3 is 32.7 Å². The van der Waals surface area contributed by atoms with Crippen LogP contribution in [0, 0.1) is 0 Å². The fourth-order valence-electron chi connectivity index (χ4n) is 4.05. The topological polar surface area (TPSA) is 134 Å². The lowest BCUT2D eigenvalue weighted by Gasteiger charge is -2.08. The van der Waals surface area contributed by atoms with Crippen LogP contribution in [0.1, 0.15) is 72.1 Å². The number of hydrogen-bond donors (Lipinski definition) is 6. The average molecular weight is 735 g/mol. The minimum atomic E-state index is -0.0901. The Hall–Kier alpha value is -1.24. The zero-order valence-electron chi connectivity index (χ0n) is 25.4. The lowest BCUT2D eigenvalue weighted by molar-refractivity contribution is 0.0945. The number of benzene rings is 2. The van der Waals surface area contributed by atoms with Crippen molar-refractivity contribution < 1.29 is 9.59 Å². The molecule has 44 heavy (non-hydrogen) atoms. The molecule has 0 radical (unpaired) electrons. The van der Waals surface area contributed by atoms with Crippen molar-refractivity contribution in [1.82, 2.24) is 21.3 Å². The number of rotatable bonds is 23. The molecule has 0 aromatic heterocycles. The molecule has 14 heteroatoms. The maximum atomic E-state index is 12.1. The summed E-state index contributed by atoms with van der Waals surface area (Å²) in [7, 11) is 3.86. The summed E-state index contributed by atoms with van der Waals surface area (Å²) in [4.78, 5) is 24.2. The van der Waals surface area contributed by atoms with Crippen LogP contribution in [0.25, 0.3) is 0 Å². The van der Waals surface area contributed by atoms with E-state index in [0.29, 0.717) is 35.6 Å². The second-order valence-corrected chi connectivity index (χ2v) is 12.4. The number of carbonyl (C=O) groups excluding carboxylic acids is 2. The quantitative estimate of drug-likeness (QED) is 0.0441. The fourth-order valence-corrected chi connectivity index (χ4v) is 5.95. The summed E-state index contributed by atoms with van der Waals surface area (Å²) >= 11 is 0. The van der Waals surface area contributed by atoms with Gasteiger partial charge in [-0.25, -0.2) is 0 Å². The van der Waals surface area contributed by atoms with Crippen molar-refractivity contribution in [2.45, 2.75) is 51.4 Å². The molecular formula is C30H52Cl4N6O2S2. The number of nitrogens with two attached hydrogens (primary N) is 2. The molecule has 0 fully saturated rings. The van der Waals surface area contributed by atoms with Crippen LogP contribution in [0.4, 0.5) is 11.4 Å². The van der Waals surface area contributed by atoms with E-state index in [9.17, 15) is 9.59 Å². The highest BCUT2D eigenvalue weighted by Crippen LogP contribution is 2.19. The van der Waals surface area contributed by atoms with E-state index in [2.05, 4.69) is 21.3 Å². The van der Waals surface area contributed by atoms with Crippen molar-refractivity contribution in [1.29, 1.82) is 0 Å². The molecule has 0 saturated heterocycles. The summed E-state index contributed by atoms with van der Waals surface area (Å²) in [6.45, 7) is 5.56. The zero-order valence-corrected chi connectivity index (χ0v) is 30.3. The summed E-state index contributed by atoms with van der Waals surface area (Å²) in [5, 5.41) is 12.9. The first-order chi connectivity index (χ1) is 19.6. The second-order valence-electron chi connectivity index (χ2n) is 9.66. The Labute approximate surface area is 297 Å². The third kappa shape index (κ3) is 22.3. The van der Waals surface area contributed by atoms with Crippen LogP contribution in [0.3, 0.4) is 0 Å². The SMILES string of the molecule is Cl.Cl.Cl.Cl.Nc1ccccc1C(=O)NCCCCCCNCCSSCCNCCCCCCNC(=O)c1ccccc1N. The van der Waals surface area contributed by atoms with Gasteiger partial charge in [0, 0.05) is 49.1 Å². The zero-order chi connectivity index (χ0) is 28.7. The van der Waals surface area contributed by atoms with Crippen LogP contribution >= 0.6 is 71.2 Å². The molecule has 0 aliphatic heterocycles. The smallest absolute Gasteiger partial charge is 0.253 e. The Kier molecular flexibility index (Phi) is 34.0. The molecule has 2 amide bonds. The molecule has 0 unspecified atom stereocenters. The number of carbonyl (C=O) groups is 2. The summed E-state index contributed by atoms with van der Waals surface area (Å²) in [6, 6.07) is 14.3. The molecule has 0 aliphatic carbocycles. The van der Waals surface area contributed by atoms with E-state index in [0.717, 1.165) is 63.4 Å². The lowest BCUT2D eigenvalue weighted by atomic mass is 10.1. The van der Waals surface area contributed by atoms with Crippen LogP contribution in [-0.2, 0) is 0 Å². The first kappa shape index (κ1) is 47.2. The number of unbranched alkanes of at least 4 members (excludes halogenated alkanes) is 6. The number of hydrogen-bond acceptors (Lipinski definition) is 8. The van der Waals surface area contributed by atoms with Gasteiger partial charge in [-0.15, -0.1) is 49.6 Å². The van der Waals surface area contributed by atoms with Crippen LogP contribution in [0.2, 0.25) is 0 Å². The molecule has 0 bridgehead atoms. The predicted octanol–water partition coefficient (Wildman–Crippen LogP) is 6.38. The molecule has 0 atom stereocenters. The number of para-hydroxylation sites is 2. The highest BCUT2D eigenvalue weighted by molar-refractivity contribution is 8.76. The number of halogens is 4. The normalized spacial score (nSPS) is 9.91. The monoisotopic (exact) mass is 732 g/mol. The van der Waals surface area contributed by atoms with E-state index in [1.54, 1.807) is 24.3 Å². The number of anilines is 2. The average Bonchev–Trinajstić information content (AvgIpc) is 2.96. The van der Waals surface area contributed by atoms with Crippen molar-refractivity contribution in [2.75, 3.05) is 62.2 Å². The Morgan fingerprint density at radius 3 is 1.20 bits per heavy atom. The van der Waals surface area contributed by atoms with Gasteiger partial charge in [0.1, 0.15) is 0 Å². The van der Waals surface area contributed by atoms with E-state index < -0.39 is 0 Å². The fraction of sp³-hybridized carbons (Fsp3) is 0.533. The highest BCUT2D eigenvalue weighted by Gasteiger charge is 2.08. The Bertz CT molecular complexity index is 921. The molecular weight excluding hydrogens is 682 g/mol. The summed E-state index contributed by atoms with van der Waals surface area (Å²) in [5.74, 6) is 2.06. The van der Waals surface area contributed by atoms with Gasteiger partial charge in [-0.1, -0.05) is 71.5 Å². The minimum absolute atomic E-state index is 0. The first-order valence-corrected chi connectivity index (χ1v) is 17.0. The first-order valence-electron chi connectivity index (χ1n) is 14.5. The van der Waals surface area contributed by atoms with Crippen LogP contribution < -0.4 is 32.7 Å². The van der Waals surface area contributed by atoms with Gasteiger partial charge in [0.25, 0.3) is 11.8 Å². The molecule has 8 N–H and O–H groups in total. The second kappa shape index (κ2) is 31.7. The van der Waals surface area contributed by atoms with Gasteiger partial charge in [0.05, 0.1) is 11.1 Å². The van der Waals surface area contributed by atoms with Crippen LogP contribution in [0.5, 0.6) is 0 Å².